The molecular formula is C14H26N2O4. The van der Waals surface area contributed by atoms with Crippen molar-refractivity contribution in [3.63, 3.8) is 0 Å². The number of hydrogen-bond acceptors (Lipinski definition) is 5. The third-order valence-corrected chi connectivity index (χ3v) is 3.93. The minimum absolute atomic E-state index is 0.0773. The molecule has 20 heavy (non-hydrogen) atoms. The fraction of sp³-hybridized carbons (Fsp3) is 0.929. The van der Waals surface area contributed by atoms with E-state index in [0.29, 0.717) is 32.8 Å². The Balaban J connectivity index is 1.68. The van der Waals surface area contributed by atoms with Gasteiger partial charge in [0.2, 0.25) is 5.91 Å². The summed E-state index contributed by atoms with van der Waals surface area (Å²) in [4.78, 5) is 16.3. The van der Waals surface area contributed by atoms with Crippen molar-refractivity contribution in [2.24, 2.45) is 0 Å². The van der Waals surface area contributed by atoms with Crippen molar-refractivity contribution in [3.05, 3.63) is 0 Å². The van der Waals surface area contributed by atoms with E-state index in [0.717, 1.165) is 25.9 Å². The van der Waals surface area contributed by atoms with Gasteiger partial charge in [-0.2, -0.15) is 0 Å². The summed E-state index contributed by atoms with van der Waals surface area (Å²) in [6.45, 7) is 6.83. The molecule has 6 nitrogen and oxygen atoms in total. The number of hydrogen-bond donors (Lipinski definition) is 1. The number of morpholine rings is 1. The molecule has 0 spiro atoms. The normalized spacial score (nSPS) is 25.9. The molecule has 0 aromatic carbocycles. The predicted octanol–water partition coefficient (Wildman–Crippen LogP) is -0.293. The van der Waals surface area contributed by atoms with Crippen LogP contribution in [0.3, 0.4) is 0 Å². The molecule has 0 aromatic rings. The van der Waals surface area contributed by atoms with Crippen molar-refractivity contribution in [1.82, 2.24) is 9.80 Å². The lowest BCUT2D eigenvalue weighted by Gasteiger charge is -2.35. The first-order valence-electron chi connectivity index (χ1n) is 7.53. The number of likely N-dealkylation sites (tertiary alicyclic amines) is 1. The van der Waals surface area contributed by atoms with Gasteiger partial charge in [0.15, 0.2) is 0 Å². The van der Waals surface area contributed by atoms with Crippen LogP contribution in [-0.2, 0) is 14.3 Å². The number of amides is 1. The fourth-order valence-corrected chi connectivity index (χ4v) is 2.79. The maximum atomic E-state index is 12.2. The maximum Gasteiger partial charge on any atom is 0.236 e. The highest BCUT2D eigenvalue weighted by molar-refractivity contribution is 5.78. The van der Waals surface area contributed by atoms with E-state index >= 15 is 0 Å². The van der Waals surface area contributed by atoms with Gasteiger partial charge in [0.25, 0.3) is 0 Å². The molecule has 1 unspecified atom stereocenters. The molecule has 2 aliphatic rings. The molecular weight excluding hydrogens is 260 g/mol. The number of aliphatic hydroxyl groups excluding tert-OH is 1. The summed E-state index contributed by atoms with van der Waals surface area (Å²) < 4.78 is 11.0. The van der Waals surface area contributed by atoms with Crippen molar-refractivity contribution in [2.75, 3.05) is 52.5 Å². The number of rotatable bonds is 5. The van der Waals surface area contributed by atoms with Crippen molar-refractivity contribution in [2.45, 2.75) is 32.0 Å². The van der Waals surface area contributed by atoms with Crippen LogP contribution < -0.4 is 0 Å². The predicted molar refractivity (Wildman–Crippen MR) is 74.5 cm³/mol. The third-order valence-electron chi connectivity index (χ3n) is 3.93. The number of piperidine rings is 1. The topological polar surface area (TPSA) is 62.2 Å². The zero-order valence-corrected chi connectivity index (χ0v) is 12.3. The monoisotopic (exact) mass is 286 g/mol. The van der Waals surface area contributed by atoms with Crippen LogP contribution in [0.15, 0.2) is 0 Å². The van der Waals surface area contributed by atoms with Gasteiger partial charge in [-0.05, 0) is 19.8 Å². The zero-order valence-electron chi connectivity index (χ0n) is 12.3. The minimum atomic E-state index is 0.0773. The van der Waals surface area contributed by atoms with E-state index < -0.39 is 0 Å². The first kappa shape index (κ1) is 15.7. The minimum Gasteiger partial charge on any atom is -0.394 e. The van der Waals surface area contributed by atoms with E-state index in [9.17, 15) is 4.79 Å². The summed E-state index contributed by atoms with van der Waals surface area (Å²) in [5.74, 6) is 0.204. The van der Waals surface area contributed by atoms with E-state index in [1.807, 2.05) is 11.8 Å². The van der Waals surface area contributed by atoms with Crippen molar-refractivity contribution >= 4 is 5.91 Å². The van der Waals surface area contributed by atoms with Gasteiger partial charge in [0.05, 0.1) is 38.6 Å². The molecule has 2 rings (SSSR count). The van der Waals surface area contributed by atoms with Crippen LogP contribution in [0.4, 0.5) is 0 Å². The summed E-state index contributed by atoms with van der Waals surface area (Å²) in [6, 6.07) is 0. The number of carbonyl (C=O) groups excluding carboxylic acids is 1. The van der Waals surface area contributed by atoms with Crippen LogP contribution in [0.25, 0.3) is 0 Å². The molecule has 0 aromatic heterocycles. The highest BCUT2D eigenvalue weighted by atomic mass is 16.5. The molecule has 2 heterocycles. The number of carbonyl (C=O) groups is 1. The van der Waals surface area contributed by atoms with Crippen LogP contribution >= 0.6 is 0 Å². The Labute approximate surface area is 120 Å². The second kappa shape index (κ2) is 7.93. The Bertz CT molecular complexity index is 306. The lowest BCUT2D eigenvalue weighted by molar-refractivity contribution is -0.140. The van der Waals surface area contributed by atoms with Crippen molar-refractivity contribution < 1.29 is 19.4 Å². The van der Waals surface area contributed by atoms with Crippen LogP contribution in [-0.4, -0.2) is 85.6 Å². The lowest BCUT2D eigenvalue weighted by Crippen LogP contribution is -2.49. The second-order valence-electron chi connectivity index (χ2n) is 5.59. The van der Waals surface area contributed by atoms with E-state index in [4.69, 9.17) is 14.6 Å². The second-order valence-corrected chi connectivity index (χ2v) is 5.59. The molecule has 2 saturated heterocycles. The maximum absolute atomic E-state index is 12.2. The third kappa shape index (κ3) is 4.70. The van der Waals surface area contributed by atoms with Gasteiger partial charge in [0, 0.05) is 26.2 Å². The largest absolute Gasteiger partial charge is 0.394 e. The number of aliphatic hydroxyl groups is 1. The molecule has 2 aliphatic heterocycles. The highest BCUT2D eigenvalue weighted by Crippen LogP contribution is 2.14. The molecule has 0 aliphatic carbocycles. The number of nitrogens with zero attached hydrogens (tertiary/aromatic N) is 2. The van der Waals surface area contributed by atoms with Crippen LogP contribution in [0.2, 0.25) is 0 Å². The zero-order chi connectivity index (χ0) is 14.4. The van der Waals surface area contributed by atoms with Crippen LogP contribution in [0, 0.1) is 0 Å². The molecule has 6 heteroatoms. The molecule has 116 valence electrons. The van der Waals surface area contributed by atoms with E-state index in [1.54, 1.807) is 0 Å². The Kier molecular flexibility index (Phi) is 6.22. The Morgan fingerprint density at radius 2 is 2.10 bits per heavy atom. The van der Waals surface area contributed by atoms with Crippen molar-refractivity contribution in [3.8, 4) is 0 Å². The molecule has 1 N–H and O–H groups in total. The van der Waals surface area contributed by atoms with Gasteiger partial charge in [-0.1, -0.05) is 0 Å². The van der Waals surface area contributed by atoms with E-state index in [1.165, 1.54) is 0 Å². The first-order valence-corrected chi connectivity index (χ1v) is 7.53. The number of ether oxygens (including phenoxy) is 2. The quantitative estimate of drug-likeness (QED) is 0.752. The van der Waals surface area contributed by atoms with Crippen molar-refractivity contribution in [1.29, 1.82) is 0 Å². The van der Waals surface area contributed by atoms with Crippen LogP contribution in [0.1, 0.15) is 19.8 Å². The standard InChI is InChI=1S/C14H26N2O4/c1-12-10-16(6-8-19-12)14(18)11-15-4-2-13(3-5-15)20-9-7-17/h12-13,17H,2-11H2,1H3. The average Bonchev–Trinajstić information content (AvgIpc) is 2.46. The lowest BCUT2D eigenvalue weighted by atomic mass is 10.1. The average molecular weight is 286 g/mol. The Morgan fingerprint density at radius 1 is 1.35 bits per heavy atom. The molecule has 2 fully saturated rings. The molecule has 0 saturated carbocycles. The van der Waals surface area contributed by atoms with Gasteiger partial charge in [0.1, 0.15) is 0 Å². The van der Waals surface area contributed by atoms with Crippen LogP contribution in [0.5, 0.6) is 0 Å². The smallest absolute Gasteiger partial charge is 0.236 e. The fourth-order valence-electron chi connectivity index (χ4n) is 2.79. The van der Waals surface area contributed by atoms with Gasteiger partial charge < -0.3 is 19.5 Å². The van der Waals surface area contributed by atoms with Gasteiger partial charge in [-0.3, -0.25) is 9.69 Å². The molecule has 0 bridgehead atoms. The molecule has 1 atom stereocenters. The summed E-state index contributed by atoms with van der Waals surface area (Å²) in [7, 11) is 0. The van der Waals surface area contributed by atoms with Gasteiger partial charge in [-0.15, -0.1) is 0 Å². The van der Waals surface area contributed by atoms with E-state index in [2.05, 4.69) is 4.90 Å². The molecule has 0 radical (unpaired) electrons. The summed E-state index contributed by atoms with van der Waals surface area (Å²) in [5, 5.41) is 8.74. The van der Waals surface area contributed by atoms with Gasteiger partial charge in [-0.25, -0.2) is 0 Å². The highest BCUT2D eigenvalue weighted by Gasteiger charge is 2.25. The molecule has 1 amide bonds. The SMILES string of the molecule is CC1CN(C(=O)CN2CCC(OCCO)CC2)CCO1. The van der Waals surface area contributed by atoms with Gasteiger partial charge >= 0.3 is 0 Å². The summed E-state index contributed by atoms with van der Waals surface area (Å²) in [6.07, 6.45) is 2.25. The Morgan fingerprint density at radius 3 is 2.75 bits per heavy atom. The summed E-state index contributed by atoms with van der Waals surface area (Å²) in [5.41, 5.74) is 0. The first-order chi connectivity index (χ1) is 9.69. The summed E-state index contributed by atoms with van der Waals surface area (Å²) >= 11 is 0. The van der Waals surface area contributed by atoms with E-state index in [-0.39, 0.29) is 24.7 Å². The Hall–Kier alpha value is -0.690.